The number of amides is 1. The number of carbonyl (C=O) groups is 3. The third-order valence-corrected chi connectivity index (χ3v) is 3.99. The van der Waals surface area contributed by atoms with Crippen molar-refractivity contribution in [2.75, 3.05) is 13.5 Å². The van der Waals surface area contributed by atoms with Crippen LogP contribution in [0.25, 0.3) is 0 Å². The van der Waals surface area contributed by atoms with Gasteiger partial charge in [-0.15, -0.1) is 0 Å². The van der Waals surface area contributed by atoms with E-state index < -0.39 is 37.0 Å². The molecule has 1 aliphatic carbocycles. The Morgan fingerprint density at radius 2 is 1.88 bits per heavy atom. The molecule has 1 saturated carbocycles. The fraction of sp³-hybridized carbons (Fsp3) is 0.750. The van der Waals surface area contributed by atoms with E-state index in [-0.39, 0.29) is 12.9 Å². The van der Waals surface area contributed by atoms with Gasteiger partial charge >= 0.3 is 5.97 Å². The summed E-state index contributed by atoms with van der Waals surface area (Å²) in [5, 5.41) is 17.0. The van der Waals surface area contributed by atoms with Gasteiger partial charge in [0.05, 0.1) is 0 Å². The lowest BCUT2D eigenvalue weighted by molar-refractivity contribution is -0.152. The summed E-state index contributed by atoms with van der Waals surface area (Å²) in [7, 11) is 0. The van der Waals surface area contributed by atoms with E-state index in [1.807, 2.05) is 0 Å². The van der Waals surface area contributed by atoms with Gasteiger partial charge in [-0.25, -0.2) is 0 Å². The van der Waals surface area contributed by atoms with Crippen molar-refractivity contribution >= 4 is 24.3 Å². The summed E-state index contributed by atoms with van der Waals surface area (Å²) in [5.74, 6) is -1.66. The molecule has 0 radical (unpaired) electrons. The standard InChI is InChI=1S/C15H25N3O3.CH2O2/c1-18-11-13(20)21-15(9-10-15)8-6-4-2-3-5-7-12(19)17-14(18)16;2-1-3/h2-11H2,1H3,(H2,16,17,19);1H,(H,2,3)/i1D3;. The molecule has 0 aromatic carbocycles. The first kappa shape index (κ1) is 15.4. The first-order valence-corrected chi connectivity index (χ1v) is 8.09. The van der Waals surface area contributed by atoms with Gasteiger partial charge in [0.25, 0.3) is 6.47 Å². The predicted octanol–water partition coefficient (Wildman–Crippen LogP) is 1.49. The van der Waals surface area contributed by atoms with Crippen LogP contribution in [0.2, 0.25) is 0 Å². The molecular weight excluding hydrogens is 314 g/mol. The average Bonchev–Trinajstić information content (AvgIpc) is 3.30. The number of esters is 1. The minimum absolute atomic E-state index is 0.242. The molecule has 2 fully saturated rings. The molecule has 136 valence electrons. The number of hydrogen-bond donors (Lipinski definition) is 3. The van der Waals surface area contributed by atoms with Crippen LogP contribution in [0.3, 0.4) is 0 Å². The highest BCUT2D eigenvalue weighted by Crippen LogP contribution is 2.44. The molecule has 1 spiro atoms. The number of nitrogens with one attached hydrogen (secondary N) is 2. The van der Waals surface area contributed by atoms with E-state index >= 15 is 0 Å². The molecule has 3 N–H and O–H groups in total. The van der Waals surface area contributed by atoms with Gasteiger partial charge in [-0.3, -0.25) is 25.1 Å². The van der Waals surface area contributed by atoms with E-state index in [1.165, 1.54) is 0 Å². The zero-order valence-electron chi connectivity index (χ0n) is 16.7. The first-order valence-electron chi connectivity index (χ1n) is 9.59. The van der Waals surface area contributed by atoms with Crippen molar-refractivity contribution < 1.29 is 28.3 Å². The predicted molar refractivity (Wildman–Crippen MR) is 87.6 cm³/mol. The van der Waals surface area contributed by atoms with Crippen LogP contribution in [0.5, 0.6) is 0 Å². The Labute approximate surface area is 146 Å². The molecule has 0 aromatic rings. The number of guanidine groups is 1. The zero-order chi connectivity index (χ0) is 20.5. The van der Waals surface area contributed by atoms with Crippen LogP contribution in [0.4, 0.5) is 0 Å². The summed E-state index contributed by atoms with van der Waals surface area (Å²) < 4.78 is 28.0. The van der Waals surface area contributed by atoms with E-state index in [0.717, 1.165) is 44.9 Å². The van der Waals surface area contributed by atoms with Gasteiger partial charge in [0.15, 0.2) is 5.96 Å². The van der Waals surface area contributed by atoms with Gasteiger partial charge in [0.1, 0.15) is 12.1 Å². The fourth-order valence-corrected chi connectivity index (χ4v) is 2.55. The number of rotatable bonds is 0. The second-order valence-corrected chi connectivity index (χ2v) is 6.01. The number of hydrogen-bond acceptors (Lipinski definition) is 5. The number of nitrogens with zero attached hydrogens (tertiary/aromatic N) is 1. The Morgan fingerprint density at radius 1 is 1.25 bits per heavy atom. The monoisotopic (exact) mass is 344 g/mol. The smallest absolute Gasteiger partial charge is 0.326 e. The highest BCUT2D eigenvalue weighted by molar-refractivity contribution is 5.96. The van der Waals surface area contributed by atoms with Crippen molar-refractivity contribution in [3.63, 3.8) is 0 Å². The van der Waals surface area contributed by atoms with Crippen LogP contribution in [0.1, 0.15) is 61.9 Å². The van der Waals surface area contributed by atoms with Crippen LogP contribution in [0, 0.1) is 5.41 Å². The fourth-order valence-electron chi connectivity index (χ4n) is 2.55. The van der Waals surface area contributed by atoms with Gasteiger partial charge in [-0.1, -0.05) is 19.3 Å². The van der Waals surface area contributed by atoms with Crippen molar-refractivity contribution in [3.05, 3.63) is 0 Å². The van der Waals surface area contributed by atoms with Crippen molar-refractivity contribution in [3.8, 4) is 0 Å². The molecule has 0 aromatic heterocycles. The van der Waals surface area contributed by atoms with Crippen LogP contribution >= 0.6 is 0 Å². The second kappa shape index (κ2) is 9.89. The largest absolute Gasteiger partial charge is 0.483 e. The Kier molecular flexibility index (Phi) is 6.35. The second-order valence-electron chi connectivity index (χ2n) is 6.01. The molecule has 1 heterocycles. The quantitative estimate of drug-likeness (QED) is 0.452. The number of carbonyl (C=O) groups excluding carboxylic acids is 2. The molecule has 1 saturated heterocycles. The number of likely N-dealkylation sites (N-methyl/N-ethyl adjacent to an activating group) is 1. The normalized spacial score (nSPS) is 24.6. The van der Waals surface area contributed by atoms with Crippen molar-refractivity contribution in [2.24, 2.45) is 0 Å². The SMILES string of the molecule is O=CO.[2H]C([2H])([2H])N1CC(=O)OC2(CCCCCCCC(=O)NC1=N)CC2. The van der Waals surface area contributed by atoms with E-state index in [0.29, 0.717) is 11.3 Å². The van der Waals surface area contributed by atoms with Crippen molar-refractivity contribution in [1.82, 2.24) is 10.2 Å². The molecular formula is C16H27N3O5. The summed E-state index contributed by atoms with van der Waals surface area (Å²) >= 11 is 0. The molecule has 2 rings (SSSR count). The average molecular weight is 344 g/mol. The lowest BCUT2D eigenvalue weighted by Gasteiger charge is -2.22. The minimum atomic E-state index is -2.70. The van der Waals surface area contributed by atoms with Crippen LogP contribution in [-0.4, -0.2) is 53.4 Å². The van der Waals surface area contributed by atoms with E-state index in [1.54, 1.807) is 0 Å². The molecule has 8 nitrogen and oxygen atoms in total. The molecule has 2 aliphatic rings. The third-order valence-electron chi connectivity index (χ3n) is 3.99. The Hall–Kier alpha value is -2.12. The van der Waals surface area contributed by atoms with Crippen molar-refractivity contribution in [1.29, 1.82) is 5.41 Å². The molecule has 0 unspecified atom stereocenters. The van der Waals surface area contributed by atoms with E-state index in [2.05, 4.69) is 5.32 Å². The summed E-state index contributed by atoms with van der Waals surface area (Å²) in [4.78, 5) is 32.9. The number of carboxylic acid groups (broad SMARTS) is 1. The topological polar surface area (TPSA) is 120 Å². The maximum atomic E-state index is 12.1. The van der Waals surface area contributed by atoms with Gasteiger partial charge in [-0.05, 0) is 32.1 Å². The van der Waals surface area contributed by atoms with E-state index in [9.17, 15) is 9.59 Å². The summed E-state index contributed by atoms with van der Waals surface area (Å²) in [6, 6.07) is 0. The highest BCUT2D eigenvalue weighted by atomic mass is 16.6. The molecule has 0 bridgehead atoms. The molecule has 24 heavy (non-hydrogen) atoms. The molecule has 1 amide bonds. The number of ether oxygens (including phenoxy) is 1. The van der Waals surface area contributed by atoms with Crippen LogP contribution < -0.4 is 5.32 Å². The van der Waals surface area contributed by atoms with Gasteiger partial charge < -0.3 is 14.7 Å². The Bertz CT molecular complexity index is 550. The first-order chi connectivity index (χ1) is 12.6. The van der Waals surface area contributed by atoms with Gasteiger partial charge in [-0.2, -0.15) is 0 Å². The Balaban J connectivity index is 0.00000114. The summed E-state index contributed by atoms with van der Waals surface area (Å²) in [5.41, 5.74) is -0.441. The van der Waals surface area contributed by atoms with Crippen molar-refractivity contribution in [2.45, 2.75) is 63.4 Å². The lowest BCUT2D eigenvalue weighted by atomic mass is 10.1. The van der Waals surface area contributed by atoms with Crippen LogP contribution in [0.15, 0.2) is 0 Å². The maximum Gasteiger partial charge on any atom is 0.326 e. The summed E-state index contributed by atoms with van der Waals surface area (Å²) in [6.07, 6.45) is 7.25. The Morgan fingerprint density at radius 3 is 2.50 bits per heavy atom. The van der Waals surface area contributed by atoms with Crippen LogP contribution in [-0.2, 0) is 19.1 Å². The third kappa shape index (κ3) is 7.43. The zero-order valence-corrected chi connectivity index (χ0v) is 13.7. The minimum Gasteiger partial charge on any atom is -0.483 e. The summed E-state index contributed by atoms with van der Waals surface area (Å²) in [6.45, 7) is -3.52. The molecule has 1 aliphatic heterocycles. The highest BCUT2D eigenvalue weighted by Gasteiger charge is 2.46. The van der Waals surface area contributed by atoms with Gasteiger partial charge in [0.2, 0.25) is 5.91 Å². The molecule has 8 heteroatoms. The van der Waals surface area contributed by atoms with Gasteiger partial charge in [0, 0.05) is 17.5 Å². The maximum absolute atomic E-state index is 12.1. The van der Waals surface area contributed by atoms with E-state index in [4.69, 9.17) is 24.2 Å². The lowest BCUT2D eigenvalue weighted by Crippen LogP contribution is -2.44. The molecule has 0 atom stereocenters.